The van der Waals surface area contributed by atoms with E-state index in [1.807, 2.05) is 31.2 Å². The molecule has 0 aromatic heterocycles. The van der Waals surface area contributed by atoms with Crippen LogP contribution in [0.25, 0.3) is 0 Å². The first-order chi connectivity index (χ1) is 7.22. The van der Waals surface area contributed by atoms with Gasteiger partial charge in [-0.05, 0) is 47.2 Å². The van der Waals surface area contributed by atoms with Gasteiger partial charge in [0.1, 0.15) is 11.5 Å². The highest BCUT2D eigenvalue weighted by Crippen LogP contribution is 2.15. The molecule has 0 aliphatic rings. The molecule has 0 N–H and O–H groups in total. The van der Waals surface area contributed by atoms with Crippen molar-refractivity contribution in [3.8, 4) is 5.75 Å². The second-order valence-electron chi connectivity index (χ2n) is 3.30. The van der Waals surface area contributed by atoms with Crippen LogP contribution in [-0.2, 0) is 4.79 Å². The molecular weight excluding hydrogens is 303 g/mol. The highest BCUT2D eigenvalue weighted by molar-refractivity contribution is 14.1. The summed E-state index contributed by atoms with van der Waals surface area (Å²) in [5.41, 5.74) is 0. The second-order valence-corrected chi connectivity index (χ2v) is 4.55. The number of ether oxygens (including phenoxy) is 1. The molecule has 0 atom stereocenters. The molecule has 0 radical (unpaired) electrons. The molecule has 1 aromatic rings. The highest BCUT2D eigenvalue weighted by Gasteiger charge is 1.98. The molecule has 0 heterocycles. The third kappa shape index (κ3) is 5.16. The summed E-state index contributed by atoms with van der Waals surface area (Å²) >= 11 is 2.25. The monoisotopic (exact) mass is 318 g/mol. The van der Waals surface area contributed by atoms with Crippen LogP contribution in [-0.4, -0.2) is 12.4 Å². The van der Waals surface area contributed by atoms with E-state index in [1.54, 1.807) is 0 Å². The molecule has 1 rings (SSSR count). The second kappa shape index (κ2) is 6.82. The molecule has 0 fully saturated rings. The van der Waals surface area contributed by atoms with E-state index in [4.69, 9.17) is 4.74 Å². The van der Waals surface area contributed by atoms with Gasteiger partial charge < -0.3 is 4.74 Å². The third-order valence-electron chi connectivity index (χ3n) is 2.06. The van der Waals surface area contributed by atoms with E-state index >= 15 is 0 Å². The van der Waals surface area contributed by atoms with Crippen molar-refractivity contribution in [2.45, 2.75) is 26.2 Å². The Hall–Kier alpha value is -0.580. The Labute approximate surface area is 104 Å². The summed E-state index contributed by atoms with van der Waals surface area (Å²) in [4.78, 5) is 11.0. The molecule has 3 heteroatoms. The summed E-state index contributed by atoms with van der Waals surface area (Å²) in [5.74, 6) is 1.19. The average molecular weight is 318 g/mol. The Kier molecular flexibility index (Phi) is 5.68. The number of ketones is 1. The molecule has 0 unspecified atom stereocenters. The zero-order valence-electron chi connectivity index (χ0n) is 8.83. The van der Waals surface area contributed by atoms with E-state index < -0.39 is 0 Å². The zero-order chi connectivity index (χ0) is 11.1. The summed E-state index contributed by atoms with van der Waals surface area (Å²) in [6, 6.07) is 7.91. The van der Waals surface area contributed by atoms with Crippen molar-refractivity contribution < 1.29 is 9.53 Å². The van der Waals surface area contributed by atoms with Gasteiger partial charge in [-0.1, -0.05) is 13.0 Å². The van der Waals surface area contributed by atoms with Crippen LogP contribution in [0.15, 0.2) is 24.3 Å². The van der Waals surface area contributed by atoms with Crippen LogP contribution in [0.2, 0.25) is 0 Å². The van der Waals surface area contributed by atoms with Crippen LogP contribution in [0.5, 0.6) is 5.75 Å². The Morgan fingerprint density at radius 1 is 1.47 bits per heavy atom. The fourth-order valence-electron chi connectivity index (χ4n) is 1.19. The zero-order valence-corrected chi connectivity index (χ0v) is 11.0. The van der Waals surface area contributed by atoms with Crippen molar-refractivity contribution in [2.75, 3.05) is 6.61 Å². The number of halogens is 1. The average Bonchev–Trinajstić information content (AvgIpc) is 2.24. The molecule has 2 nitrogen and oxygen atoms in total. The number of carbonyl (C=O) groups is 1. The normalized spacial score (nSPS) is 10.0. The number of hydrogen-bond acceptors (Lipinski definition) is 2. The first kappa shape index (κ1) is 12.5. The van der Waals surface area contributed by atoms with Gasteiger partial charge in [-0.15, -0.1) is 0 Å². The molecule has 0 amide bonds. The summed E-state index contributed by atoms with van der Waals surface area (Å²) in [6.07, 6.45) is 2.06. The van der Waals surface area contributed by atoms with E-state index in [0.29, 0.717) is 25.2 Å². The minimum absolute atomic E-state index is 0.307. The fraction of sp³-hybridized carbons (Fsp3) is 0.417. The van der Waals surface area contributed by atoms with Crippen molar-refractivity contribution in [3.63, 3.8) is 0 Å². The Morgan fingerprint density at radius 2 is 2.27 bits per heavy atom. The molecule has 0 bridgehead atoms. The van der Waals surface area contributed by atoms with Gasteiger partial charge in [-0.2, -0.15) is 0 Å². The first-order valence-corrected chi connectivity index (χ1v) is 6.20. The lowest BCUT2D eigenvalue weighted by atomic mass is 10.2. The number of carbonyl (C=O) groups excluding carboxylic acids is 1. The molecule has 0 spiro atoms. The van der Waals surface area contributed by atoms with Crippen LogP contribution in [0.1, 0.15) is 26.2 Å². The molecule has 82 valence electrons. The van der Waals surface area contributed by atoms with Crippen LogP contribution >= 0.6 is 22.6 Å². The summed E-state index contributed by atoms with van der Waals surface area (Å²) < 4.78 is 6.69. The topological polar surface area (TPSA) is 26.3 Å². The van der Waals surface area contributed by atoms with Gasteiger partial charge in [-0.25, -0.2) is 0 Å². The largest absolute Gasteiger partial charge is 0.494 e. The first-order valence-electron chi connectivity index (χ1n) is 5.12. The van der Waals surface area contributed by atoms with Crippen molar-refractivity contribution in [2.24, 2.45) is 0 Å². The summed E-state index contributed by atoms with van der Waals surface area (Å²) in [5, 5.41) is 0. The van der Waals surface area contributed by atoms with Gasteiger partial charge in [0.15, 0.2) is 0 Å². The van der Waals surface area contributed by atoms with Crippen molar-refractivity contribution in [1.29, 1.82) is 0 Å². The van der Waals surface area contributed by atoms with Crippen LogP contribution in [0.3, 0.4) is 0 Å². The quantitative estimate of drug-likeness (QED) is 0.593. The maximum atomic E-state index is 11.0. The van der Waals surface area contributed by atoms with Gasteiger partial charge in [-0.3, -0.25) is 4.79 Å². The number of hydrogen-bond donors (Lipinski definition) is 0. The minimum atomic E-state index is 0.307. The van der Waals surface area contributed by atoms with Gasteiger partial charge in [0.2, 0.25) is 0 Å². The molecule has 15 heavy (non-hydrogen) atoms. The SMILES string of the molecule is CCC(=O)CCCOc1cccc(I)c1. The molecule has 0 saturated carbocycles. The molecule has 0 aliphatic carbocycles. The lowest BCUT2D eigenvalue weighted by molar-refractivity contribution is -0.118. The number of benzene rings is 1. The Morgan fingerprint density at radius 3 is 2.93 bits per heavy atom. The lowest BCUT2D eigenvalue weighted by Crippen LogP contribution is -2.02. The van der Waals surface area contributed by atoms with Crippen molar-refractivity contribution >= 4 is 28.4 Å². The third-order valence-corrected chi connectivity index (χ3v) is 2.73. The van der Waals surface area contributed by atoms with Crippen LogP contribution in [0.4, 0.5) is 0 Å². The predicted molar refractivity (Wildman–Crippen MR) is 69.2 cm³/mol. The van der Waals surface area contributed by atoms with Gasteiger partial charge in [0, 0.05) is 16.4 Å². The van der Waals surface area contributed by atoms with E-state index in [-0.39, 0.29) is 0 Å². The van der Waals surface area contributed by atoms with Gasteiger partial charge in [0.25, 0.3) is 0 Å². The molecule has 1 aromatic carbocycles. The van der Waals surface area contributed by atoms with E-state index in [0.717, 1.165) is 15.7 Å². The highest BCUT2D eigenvalue weighted by atomic mass is 127. The fourth-order valence-corrected chi connectivity index (χ4v) is 1.71. The van der Waals surface area contributed by atoms with Crippen LogP contribution in [0, 0.1) is 3.57 Å². The summed E-state index contributed by atoms with van der Waals surface area (Å²) in [6.45, 7) is 2.51. The van der Waals surface area contributed by atoms with Gasteiger partial charge >= 0.3 is 0 Å². The smallest absolute Gasteiger partial charge is 0.132 e. The Bertz CT molecular complexity index is 323. The van der Waals surface area contributed by atoms with Crippen LogP contribution < -0.4 is 4.74 Å². The maximum Gasteiger partial charge on any atom is 0.132 e. The van der Waals surface area contributed by atoms with Gasteiger partial charge in [0.05, 0.1) is 6.61 Å². The maximum absolute atomic E-state index is 11.0. The van der Waals surface area contributed by atoms with Crippen molar-refractivity contribution in [1.82, 2.24) is 0 Å². The van der Waals surface area contributed by atoms with E-state index in [9.17, 15) is 4.79 Å². The predicted octanol–water partition coefficient (Wildman–Crippen LogP) is 3.43. The Balaban J connectivity index is 2.23. The molecule has 0 aliphatic heterocycles. The number of Topliss-reactive ketones (excluding diaryl/α,β-unsaturated/α-hetero) is 1. The minimum Gasteiger partial charge on any atom is -0.494 e. The molecule has 0 saturated heterocycles. The lowest BCUT2D eigenvalue weighted by Gasteiger charge is -2.05. The standard InChI is InChI=1S/C12H15IO2/c1-2-11(14)6-4-8-15-12-7-3-5-10(13)9-12/h3,5,7,9H,2,4,6,8H2,1H3. The molecular formula is C12H15IO2. The summed E-state index contributed by atoms with van der Waals surface area (Å²) in [7, 11) is 0. The number of rotatable bonds is 6. The van der Waals surface area contributed by atoms with Crippen molar-refractivity contribution in [3.05, 3.63) is 27.8 Å². The van der Waals surface area contributed by atoms with E-state index in [2.05, 4.69) is 22.6 Å². The van der Waals surface area contributed by atoms with E-state index in [1.165, 1.54) is 0 Å².